The van der Waals surface area contributed by atoms with Crippen LogP contribution in [0, 0.1) is 0 Å². The number of fused-ring (bicyclic) bond motifs is 4. The second-order valence-electron chi connectivity index (χ2n) is 8.92. The van der Waals surface area contributed by atoms with Gasteiger partial charge in [-0.2, -0.15) is 4.68 Å². The zero-order valence-electron chi connectivity index (χ0n) is 19.7. The fourth-order valence-electron chi connectivity index (χ4n) is 4.86. The predicted molar refractivity (Wildman–Crippen MR) is 143 cm³/mol. The summed E-state index contributed by atoms with van der Waals surface area (Å²) >= 11 is 1.39. The van der Waals surface area contributed by atoms with Crippen molar-refractivity contribution in [3.8, 4) is 17.1 Å². The van der Waals surface area contributed by atoms with Crippen molar-refractivity contribution in [1.82, 2.24) is 19.3 Å². The molecule has 180 valence electrons. The molecule has 1 amide bonds. The standard InChI is InChI=1S/C28H25N5O2S/c34-24(29-22-15-9-11-19-10-6-7-14-21(19)22)18-36-28-30-26-25(23-16-5-2-8-17-32(23)28)27(35)33(31-26)20-12-3-1-4-13-20/h1,3-4,6-7,9-15H,2,5,8,16-18H2,(H,29,34). The van der Waals surface area contributed by atoms with Gasteiger partial charge in [0, 0.05) is 23.3 Å². The number of anilines is 1. The number of carbonyl (C=O) groups is 1. The molecule has 0 bridgehead atoms. The van der Waals surface area contributed by atoms with Gasteiger partial charge in [-0.1, -0.05) is 72.8 Å². The topological polar surface area (TPSA) is 81.8 Å². The van der Waals surface area contributed by atoms with Crippen LogP contribution in [0.25, 0.3) is 27.8 Å². The first kappa shape index (κ1) is 22.5. The van der Waals surface area contributed by atoms with Crippen LogP contribution in [0.15, 0.2) is 82.7 Å². The number of hydrogen-bond acceptors (Lipinski definition) is 5. The molecule has 0 saturated carbocycles. The summed E-state index contributed by atoms with van der Waals surface area (Å²) in [6, 6.07) is 23.3. The molecule has 0 aliphatic carbocycles. The summed E-state index contributed by atoms with van der Waals surface area (Å²) in [5, 5.41) is 10.4. The number of thioether (sulfide) groups is 1. The van der Waals surface area contributed by atoms with Crippen molar-refractivity contribution >= 4 is 34.1 Å². The highest BCUT2D eigenvalue weighted by atomic mass is 32.2. The van der Waals surface area contributed by atoms with Gasteiger partial charge < -0.3 is 9.88 Å². The van der Waals surface area contributed by atoms with Gasteiger partial charge in [0.2, 0.25) is 5.91 Å². The molecule has 3 aliphatic heterocycles. The first-order valence-corrected chi connectivity index (χ1v) is 13.2. The minimum absolute atomic E-state index is 0.0967. The van der Waals surface area contributed by atoms with Crippen LogP contribution in [-0.4, -0.2) is 31.0 Å². The lowest BCUT2D eigenvalue weighted by Gasteiger charge is -2.17. The van der Waals surface area contributed by atoms with Gasteiger partial charge in [0.05, 0.1) is 11.4 Å². The van der Waals surface area contributed by atoms with E-state index in [-0.39, 0.29) is 17.2 Å². The van der Waals surface area contributed by atoms with Crippen LogP contribution in [-0.2, 0) is 17.8 Å². The van der Waals surface area contributed by atoms with Gasteiger partial charge in [0.15, 0.2) is 11.0 Å². The smallest absolute Gasteiger partial charge is 0.284 e. The Balaban J connectivity index is 1.32. The predicted octanol–water partition coefficient (Wildman–Crippen LogP) is 5.14. The summed E-state index contributed by atoms with van der Waals surface area (Å²) in [6.45, 7) is 0.779. The Morgan fingerprint density at radius 3 is 2.64 bits per heavy atom. The summed E-state index contributed by atoms with van der Waals surface area (Å²) < 4.78 is 3.56. The fourth-order valence-corrected chi connectivity index (χ4v) is 5.70. The molecule has 0 spiro atoms. The van der Waals surface area contributed by atoms with E-state index in [9.17, 15) is 9.59 Å². The molecule has 3 aromatic rings. The monoisotopic (exact) mass is 495 g/mol. The molecule has 0 unspecified atom stereocenters. The summed E-state index contributed by atoms with van der Waals surface area (Å²) in [5.41, 5.74) is 2.94. The van der Waals surface area contributed by atoms with Crippen LogP contribution in [0.2, 0.25) is 0 Å². The van der Waals surface area contributed by atoms with Gasteiger partial charge in [-0.25, -0.2) is 4.98 Å². The Hall–Kier alpha value is -3.91. The van der Waals surface area contributed by atoms with Gasteiger partial charge in [-0.3, -0.25) is 9.59 Å². The number of benzene rings is 3. The highest BCUT2D eigenvalue weighted by Crippen LogP contribution is 2.31. The number of para-hydroxylation sites is 1. The zero-order valence-corrected chi connectivity index (χ0v) is 20.5. The molecule has 1 N–H and O–H groups in total. The average molecular weight is 496 g/mol. The van der Waals surface area contributed by atoms with Crippen LogP contribution in [0.5, 0.6) is 0 Å². The van der Waals surface area contributed by atoms with E-state index in [0.29, 0.717) is 11.4 Å². The maximum absolute atomic E-state index is 13.4. The van der Waals surface area contributed by atoms with Crippen molar-refractivity contribution in [1.29, 1.82) is 0 Å². The van der Waals surface area contributed by atoms with Crippen molar-refractivity contribution in [3.05, 3.63) is 88.8 Å². The minimum Gasteiger partial charge on any atom is -0.325 e. The van der Waals surface area contributed by atoms with Crippen molar-refractivity contribution in [2.24, 2.45) is 0 Å². The molecule has 3 heterocycles. The molecular weight excluding hydrogens is 470 g/mol. The Morgan fingerprint density at radius 1 is 0.944 bits per heavy atom. The number of carbonyl (C=O) groups excluding carboxylic acids is 1. The zero-order chi connectivity index (χ0) is 24.5. The molecule has 8 heteroatoms. The number of rotatable bonds is 5. The second kappa shape index (κ2) is 9.62. The van der Waals surface area contributed by atoms with E-state index < -0.39 is 0 Å². The largest absolute Gasteiger partial charge is 0.325 e. The van der Waals surface area contributed by atoms with Crippen LogP contribution < -0.4 is 10.9 Å². The van der Waals surface area contributed by atoms with Crippen LogP contribution in [0.1, 0.15) is 25.0 Å². The quantitative estimate of drug-likeness (QED) is 0.270. The van der Waals surface area contributed by atoms with E-state index in [1.807, 2.05) is 72.8 Å². The van der Waals surface area contributed by atoms with Crippen molar-refractivity contribution in [3.63, 3.8) is 0 Å². The average Bonchev–Trinajstić information content (AvgIpc) is 3.07. The van der Waals surface area contributed by atoms with E-state index in [4.69, 9.17) is 4.98 Å². The van der Waals surface area contributed by atoms with Gasteiger partial charge in [0.25, 0.3) is 5.56 Å². The van der Waals surface area contributed by atoms with Crippen LogP contribution in [0.4, 0.5) is 5.69 Å². The molecular formula is C28H25N5O2S. The summed E-state index contributed by atoms with van der Waals surface area (Å²) in [4.78, 5) is 31.1. The van der Waals surface area contributed by atoms with Crippen LogP contribution >= 0.6 is 11.8 Å². The molecule has 36 heavy (non-hydrogen) atoms. The van der Waals surface area contributed by atoms with Gasteiger partial charge in [-0.15, -0.1) is 5.10 Å². The lowest BCUT2D eigenvalue weighted by molar-refractivity contribution is -0.113. The van der Waals surface area contributed by atoms with E-state index in [0.717, 1.165) is 65.2 Å². The Labute approximate surface area is 212 Å². The summed E-state index contributed by atoms with van der Waals surface area (Å²) in [6.07, 6.45) is 3.92. The lowest BCUT2D eigenvalue weighted by atomic mass is 10.1. The van der Waals surface area contributed by atoms with Gasteiger partial charge >= 0.3 is 0 Å². The van der Waals surface area contributed by atoms with E-state index in [1.54, 1.807) is 0 Å². The molecule has 7 nitrogen and oxygen atoms in total. The number of aromatic nitrogens is 4. The van der Waals surface area contributed by atoms with Crippen LogP contribution in [0.3, 0.4) is 0 Å². The van der Waals surface area contributed by atoms with Crippen molar-refractivity contribution < 1.29 is 4.79 Å². The Kier molecular flexibility index (Phi) is 6.03. The minimum atomic E-state index is -0.139. The molecule has 0 atom stereocenters. The maximum atomic E-state index is 13.4. The third-order valence-electron chi connectivity index (χ3n) is 6.56. The number of amides is 1. The highest BCUT2D eigenvalue weighted by molar-refractivity contribution is 7.99. The Morgan fingerprint density at radius 2 is 1.75 bits per heavy atom. The number of nitrogens with one attached hydrogen (secondary N) is 1. The molecule has 0 radical (unpaired) electrons. The van der Waals surface area contributed by atoms with E-state index in [2.05, 4.69) is 15.0 Å². The van der Waals surface area contributed by atoms with Gasteiger partial charge in [0.1, 0.15) is 5.56 Å². The lowest BCUT2D eigenvalue weighted by Crippen LogP contribution is -2.20. The second-order valence-corrected chi connectivity index (χ2v) is 9.86. The molecule has 3 aliphatic rings. The summed E-state index contributed by atoms with van der Waals surface area (Å²) in [7, 11) is 0. The Bertz CT molecular complexity index is 1590. The van der Waals surface area contributed by atoms with Crippen molar-refractivity contribution in [2.75, 3.05) is 11.1 Å². The summed E-state index contributed by atoms with van der Waals surface area (Å²) in [5.74, 6) is 0.555. The normalized spacial score (nSPS) is 13.4. The number of hydrogen-bond donors (Lipinski definition) is 1. The third-order valence-corrected chi connectivity index (χ3v) is 7.54. The highest BCUT2D eigenvalue weighted by Gasteiger charge is 2.27. The van der Waals surface area contributed by atoms with Gasteiger partial charge in [-0.05, 0) is 42.8 Å². The van der Waals surface area contributed by atoms with Crippen molar-refractivity contribution in [2.45, 2.75) is 37.4 Å². The fraction of sp³-hybridized carbons (Fsp3) is 0.214. The molecule has 6 rings (SSSR count). The maximum Gasteiger partial charge on any atom is 0.284 e. The molecule has 0 fully saturated rings. The number of nitrogens with zero attached hydrogens (tertiary/aromatic N) is 4. The molecule has 0 aromatic heterocycles. The SMILES string of the molecule is O=C(CSc1nc2nn(-c3ccccc3)c(=O)c-2c2n1CCCCC2)Nc1cccc2ccccc12. The first-order valence-electron chi connectivity index (χ1n) is 12.2. The molecule has 0 saturated heterocycles. The third kappa shape index (κ3) is 4.18. The van der Waals surface area contributed by atoms with E-state index in [1.165, 1.54) is 16.4 Å². The first-order chi connectivity index (χ1) is 17.7. The molecule has 3 aromatic carbocycles. The van der Waals surface area contributed by atoms with E-state index >= 15 is 0 Å².